The van der Waals surface area contributed by atoms with Gasteiger partial charge in [-0.25, -0.2) is 0 Å². The molecule has 0 heterocycles. The standard InChI is InChI=1S/C12H16BrN3O3/c1-3-14-8(2)6-12(17)15-10-5-4-9(13)7-11(10)16(18)19/h4-5,7-8,14H,3,6H2,1-2H3,(H,15,17). The molecule has 0 aliphatic heterocycles. The van der Waals surface area contributed by atoms with Gasteiger partial charge in [0, 0.05) is 23.0 Å². The highest BCUT2D eigenvalue weighted by Crippen LogP contribution is 2.28. The molecule has 0 saturated carbocycles. The maximum absolute atomic E-state index is 11.8. The molecule has 0 radical (unpaired) electrons. The second-order valence-electron chi connectivity index (χ2n) is 4.13. The number of nitrogens with zero attached hydrogens (tertiary/aromatic N) is 1. The predicted octanol–water partition coefficient (Wildman–Crippen LogP) is 2.68. The zero-order chi connectivity index (χ0) is 14.4. The van der Waals surface area contributed by atoms with E-state index in [0.717, 1.165) is 6.54 Å². The minimum absolute atomic E-state index is 0.0273. The van der Waals surface area contributed by atoms with Crippen LogP contribution in [-0.4, -0.2) is 23.4 Å². The lowest BCUT2D eigenvalue weighted by Crippen LogP contribution is -2.30. The van der Waals surface area contributed by atoms with Gasteiger partial charge in [-0.3, -0.25) is 14.9 Å². The Labute approximate surface area is 119 Å². The van der Waals surface area contributed by atoms with Gasteiger partial charge < -0.3 is 10.6 Å². The predicted molar refractivity (Wildman–Crippen MR) is 77.2 cm³/mol. The summed E-state index contributed by atoms with van der Waals surface area (Å²) in [6.45, 7) is 4.61. The second-order valence-corrected chi connectivity index (χ2v) is 5.05. The average Bonchev–Trinajstić information content (AvgIpc) is 2.31. The van der Waals surface area contributed by atoms with Gasteiger partial charge >= 0.3 is 0 Å². The third-order valence-corrected chi connectivity index (χ3v) is 2.97. The molecule has 2 N–H and O–H groups in total. The topological polar surface area (TPSA) is 84.3 Å². The van der Waals surface area contributed by atoms with Crippen LogP contribution in [0.15, 0.2) is 22.7 Å². The summed E-state index contributed by atoms with van der Waals surface area (Å²) in [5.41, 5.74) is 0.0840. The second kappa shape index (κ2) is 7.20. The summed E-state index contributed by atoms with van der Waals surface area (Å²) in [4.78, 5) is 22.2. The first kappa shape index (κ1) is 15.6. The van der Waals surface area contributed by atoms with Crippen LogP contribution in [0.5, 0.6) is 0 Å². The van der Waals surface area contributed by atoms with Crippen LogP contribution in [-0.2, 0) is 4.79 Å². The maximum Gasteiger partial charge on any atom is 0.293 e. The lowest BCUT2D eigenvalue weighted by molar-refractivity contribution is -0.384. The first-order valence-electron chi connectivity index (χ1n) is 5.91. The minimum atomic E-state index is -0.520. The SMILES string of the molecule is CCNC(C)CC(=O)Nc1ccc(Br)cc1[N+](=O)[O-]. The Morgan fingerprint density at radius 2 is 2.21 bits per heavy atom. The van der Waals surface area contributed by atoms with Crippen LogP contribution in [0.1, 0.15) is 20.3 Å². The van der Waals surface area contributed by atoms with Crippen molar-refractivity contribution in [3.05, 3.63) is 32.8 Å². The molecule has 6 nitrogen and oxygen atoms in total. The molecular weight excluding hydrogens is 314 g/mol. The largest absolute Gasteiger partial charge is 0.320 e. The van der Waals surface area contributed by atoms with Gasteiger partial charge in [0.1, 0.15) is 5.69 Å². The van der Waals surface area contributed by atoms with Gasteiger partial charge in [0.15, 0.2) is 0 Å². The number of rotatable bonds is 6. The van der Waals surface area contributed by atoms with Crippen molar-refractivity contribution in [1.82, 2.24) is 5.32 Å². The number of benzene rings is 1. The van der Waals surface area contributed by atoms with Crippen molar-refractivity contribution in [2.75, 3.05) is 11.9 Å². The van der Waals surface area contributed by atoms with E-state index in [1.165, 1.54) is 12.1 Å². The van der Waals surface area contributed by atoms with Crippen LogP contribution in [0.2, 0.25) is 0 Å². The lowest BCUT2D eigenvalue weighted by Gasteiger charge is -2.12. The monoisotopic (exact) mass is 329 g/mol. The van der Waals surface area contributed by atoms with E-state index in [-0.39, 0.29) is 29.7 Å². The molecule has 0 bridgehead atoms. The van der Waals surface area contributed by atoms with E-state index in [1.54, 1.807) is 6.07 Å². The molecule has 104 valence electrons. The first-order valence-corrected chi connectivity index (χ1v) is 6.70. The summed E-state index contributed by atoms with van der Waals surface area (Å²) in [7, 11) is 0. The number of carbonyl (C=O) groups excluding carboxylic acids is 1. The fourth-order valence-corrected chi connectivity index (χ4v) is 2.01. The number of amides is 1. The highest BCUT2D eigenvalue weighted by molar-refractivity contribution is 9.10. The Kier molecular flexibility index (Phi) is 5.91. The van der Waals surface area contributed by atoms with Crippen LogP contribution in [0.4, 0.5) is 11.4 Å². The van der Waals surface area contributed by atoms with Gasteiger partial charge in [-0.2, -0.15) is 0 Å². The van der Waals surface area contributed by atoms with E-state index in [0.29, 0.717) is 4.47 Å². The summed E-state index contributed by atoms with van der Waals surface area (Å²) in [5, 5.41) is 16.6. The Morgan fingerprint density at radius 1 is 1.53 bits per heavy atom. The van der Waals surface area contributed by atoms with Gasteiger partial charge in [-0.1, -0.05) is 22.9 Å². The third-order valence-electron chi connectivity index (χ3n) is 2.47. The molecule has 0 aliphatic carbocycles. The van der Waals surface area contributed by atoms with Gasteiger partial charge in [-0.15, -0.1) is 0 Å². The Balaban J connectivity index is 2.76. The van der Waals surface area contributed by atoms with E-state index in [4.69, 9.17) is 0 Å². The fraction of sp³-hybridized carbons (Fsp3) is 0.417. The van der Waals surface area contributed by atoms with Gasteiger partial charge in [-0.05, 0) is 25.6 Å². The number of hydrogen-bond donors (Lipinski definition) is 2. The summed E-state index contributed by atoms with van der Waals surface area (Å²) >= 11 is 3.16. The average molecular weight is 330 g/mol. The smallest absolute Gasteiger partial charge is 0.293 e. The summed E-state index contributed by atoms with van der Waals surface area (Å²) < 4.78 is 0.596. The lowest BCUT2D eigenvalue weighted by atomic mass is 10.2. The number of halogens is 1. The molecule has 1 amide bonds. The van der Waals surface area contributed by atoms with E-state index < -0.39 is 4.92 Å². The van der Waals surface area contributed by atoms with Crippen LogP contribution < -0.4 is 10.6 Å². The molecule has 0 spiro atoms. The van der Waals surface area contributed by atoms with Crippen molar-refractivity contribution < 1.29 is 9.72 Å². The molecule has 1 rings (SSSR count). The Morgan fingerprint density at radius 3 is 2.79 bits per heavy atom. The van der Waals surface area contributed by atoms with Gasteiger partial charge in [0.05, 0.1) is 4.92 Å². The number of hydrogen-bond acceptors (Lipinski definition) is 4. The van der Waals surface area contributed by atoms with E-state index in [2.05, 4.69) is 26.6 Å². The third kappa shape index (κ3) is 4.96. The number of nitrogens with one attached hydrogen (secondary N) is 2. The number of nitro groups is 1. The molecule has 0 aromatic heterocycles. The van der Waals surface area contributed by atoms with Crippen molar-refractivity contribution in [2.45, 2.75) is 26.3 Å². The van der Waals surface area contributed by atoms with E-state index >= 15 is 0 Å². The van der Waals surface area contributed by atoms with E-state index in [9.17, 15) is 14.9 Å². The van der Waals surface area contributed by atoms with Crippen molar-refractivity contribution in [1.29, 1.82) is 0 Å². The van der Waals surface area contributed by atoms with Crippen LogP contribution >= 0.6 is 15.9 Å². The molecule has 0 saturated heterocycles. The summed E-state index contributed by atoms with van der Waals surface area (Å²) in [6.07, 6.45) is 0.265. The summed E-state index contributed by atoms with van der Waals surface area (Å²) in [5.74, 6) is -0.251. The molecule has 19 heavy (non-hydrogen) atoms. The van der Waals surface area contributed by atoms with Crippen molar-refractivity contribution in [3.63, 3.8) is 0 Å². The summed E-state index contributed by atoms with van der Waals surface area (Å²) in [6, 6.07) is 4.55. The zero-order valence-corrected chi connectivity index (χ0v) is 12.4. The highest BCUT2D eigenvalue weighted by Gasteiger charge is 2.17. The van der Waals surface area contributed by atoms with Gasteiger partial charge in [0.25, 0.3) is 5.69 Å². The number of nitro benzene ring substituents is 1. The number of carbonyl (C=O) groups is 1. The van der Waals surface area contributed by atoms with E-state index in [1.807, 2.05) is 13.8 Å². The zero-order valence-electron chi connectivity index (χ0n) is 10.8. The first-order chi connectivity index (χ1) is 8.93. The van der Waals surface area contributed by atoms with Crippen LogP contribution in [0.3, 0.4) is 0 Å². The molecule has 1 atom stereocenters. The minimum Gasteiger partial charge on any atom is -0.320 e. The highest BCUT2D eigenvalue weighted by atomic mass is 79.9. The normalized spacial score (nSPS) is 11.9. The Bertz CT molecular complexity index is 479. The Hall–Kier alpha value is -1.47. The molecule has 0 fully saturated rings. The van der Waals surface area contributed by atoms with Crippen molar-refractivity contribution in [3.8, 4) is 0 Å². The molecular formula is C12H16BrN3O3. The molecule has 0 aliphatic rings. The van der Waals surface area contributed by atoms with Crippen LogP contribution in [0.25, 0.3) is 0 Å². The fourth-order valence-electron chi connectivity index (χ4n) is 1.66. The van der Waals surface area contributed by atoms with Crippen molar-refractivity contribution in [2.24, 2.45) is 0 Å². The molecule has 1 unspecified atom stereocenters. The maximum atomic E-state index is 11.8. The number of anilines is 1. The van der Waals surface area contributed by atoms with Gasteiger partial charge in [0.2, 0.25) is 5.91 Å². The van der Waals surface area contributed by atoms with Crippen molar-refractivity contribution >= 4 is 33.2 Å². The molecule has 1 aromatic rings. The quantitative estimate of drug-likeness (QED) is 0.620. The van der Waals surface area contributed by atoms with Crippen LogP contribution in [0, 0.1) is 10.1 Å². The molecule has 1 aromatic carbocycles. The molecule has 7 heteroatoms.